The first-order valence-electron chi connectivity index (χ1n) is 4.32. The van der Waals surface area contributed by atoms with Crippen molar-refractivity contribution in [3.63, 3.8) is 0 Å². The van der Waals surface area contributed by atoms with Crippen LogP contribution in [-0.4, -0.2) is 7.11 Å². The van der Waals surface area contributed by atoms with Crippen molar-refractivity contribution in [1.29, 1.82) is 5.26 Å². The van der Waals surface area contributed by atoms with E-state index in [-0.39, 0.29) is 0 Å². The molecule has 2 rings (SSSR count). The molecule has 0 heterocycles. The summed E-state index contributed by atoms with van der Waals surface area (Å²) in [7, 11) is 1.61. The van der Waals surface area contributed by atoms with Gasteiger partial charge in [0.1, 0.15) is 5.75 Å². The standard InChI is InChI=1S/C12H9NO/c1-14-12-7-9(8-13)6-10-4-2-3-5-11(10)12/h2-7H,1H3. The molecule has 0 unspecified atom stereocenters. The minimum Gasteiger partial charge on any atom is -0.496 e. The van der Waals surface area contributed by atoms with Crippen LogP contribution in [0.3, 0.4) is 0 Å². The molecule has 2 aromatic rings. The molecule has 0 saturated heterocycles. The van der Waals surface area contributed by atoms with Crippen molar-refractivity contribution in [3.05, 3.63) is 42.0 Å². The van der Waals surface area contributed by atoms with Gasteiger partial charge in [0.2, 0.25) is 0 Å². The Kier molecular flexibility index (Phi) is 2.08. The largest absolute Gasteiger partial charge is 0.496 e. The molecule has 0 saturated carbocycles. The summed E-state index contributed by atoms with van der Waals surface area (Å²) in [5.74, 6) is 0.750. The molecular formula is C12H9NO. The topological polar surface area (TPSA) is 33.0 Å². The Labute approximate surface area is 82.3 Å². The Bertz CT molecular complexity index is 511. The van der Waals surface area contributed by atoms with Gasteiger partial charge in [-0.25, -0.2) is 0 Å². The van der Waals surface area contributed by atoms with Crippen LogP contribution in [0.1, 0.15) is 5.56 Å². The second-order valence-corrected chi connectivity index (χ2v) is 3.01. The summed E-state index contributed by atoms with van der Waals surface area (Å²) in [5, 5.41) is 10.9. The summed E-state index contributed by atoms with van der Waals surface area (Å²) >= 11 is 0. The highest BCUT2D eigenvalue weighted by Gasteiger charge is 2.02. The van der Waals surface area contributed by atoms with Gasteiger partial charge in [-0.1, -0.05) is 24.3 Å². The number of hydrogen-bond donors (Lipinski definition) is 0. The monoisotopic (exact) mass is 183 g/mol. The fraction of sp³-hybridized carbons (Fsp3) is 0.0833. The van der Waals surface area contributed by atoms with E-state index in [1.165, 1.54) is 0 Å². The lowest BCUT2D eigenvalue weighted by Gasteiger charge is -2.05. The van der Waals surface area contributed by atoms with Crippen LogP contribution in [0, 0.1) is 11.3 Å². The van der Waals surface area contributed by atoms with Crippen molar-refractivity contribution in [1.82, 2.24) is 0 Å². The van der Waals surface area contributed by atoms with Crippen LogP contribution in [-0.2, 0) is 0 Å². The lowest BCUT2D eigenvalue weighted by Crippen LogP contribution is -1.86. The molecule has 0 aliphatic heterocycles. The summed E-state index contributed by atoms with van der Waals surface area (Å²) < 4.78 is 5.22. The summed E-state index contributed by atoms with van der Waals surface area (Å²) in [6, 6.07) is 13.6. The Morgan fingerprint density at radius 2 is 2.00 bits per heavy atom. The third-order valence-electron chi connectivity index (χ3n) is 2.17. The minimum atomic E-state index is 0.626. The average molecular weight is 183 g/mol. The zero-order valence-electron chi connectivity index (χ0n) is 7.82. The molecule has 0 fully saturated rings. The van der Waals surface area contributed by atoms with Gasteiger partial charge in [0, 0.05) is 5.39 Å². The quantitative estimate of drug-likeness (QED) is 0.681. The van der Waals surface area contributed by atoms with Crippen molar-refractivity contribution < 1.29 is 4.74 Å². The van der Waals surface area contributed by atoms with Gasteiger partial charge in [-0.3, -0.25) is 0 Å². The maximum absolute atomic E-state index is 8.81. The third-order valence-corrected chi connectivity index (χ3v) is 2.17. The molecular weight excluding hydrogens is 174 g/mol. The molecule has 0 aromatic heterocycles. The van der Waals surface area contributed by atoms with E-state index in [1.807, 2.05) is 30.3 Å². The molecule has 0 radical (unpaired) electrons. The second-order valence-electron chi connectivity index (χ2n) is 3.01. The summed E-state index contributed by atoms with van der Waals surface area (Å²) in [6.07, 6.45) is 0. The van der Waals surface area contributed by atoms with Crippen LogP contribution in [0.5, 0.6) is 5.75 Å². The van der Waals surface area contributed by atoms with Crippen LogP contribution in [0.4, 0.5) is 0 Å². The van der Waals surface area contributed by atoms with Gasteiger partial charge in [-0.15, -0.1) is 0 Å². The van der Waals surface area contributed by atoms with Gasteiger partial charge in [0.25, 0.3) is 0 Å². The van der Waals surface area contributed by atoms with Crippen molar-refractivity contribution in [2.24, 2.45) is 0 Å². The Morgan fingerprint density at radius 3 is 2.71 bits per heavy atom. The number of fused-ring (bicyclic) bond motifs is 1. The zero-order valence-corrected chi connectivity index (χ0v) is 7.82. The van der Waals surface area contributed by atoms with E-state index >= 15 is 0 Å². The normalized spacial score (nSPS) is 9.71. The number of benzene rings is 2. The Balaban J connectivity index is 2.81. The molecule has 0 aliphatic rings. The SMILES string of the molecule is COc1cc(C#N)cc2ccccc12. The Morgan fingerprint density at radius 1 is 1.21 bits per heavy atom. The van der Waals surface area contributed by atoms with Crippen LogP contribution in [0.2, 0.25) is 0 Å². The van der Waals surface area contributed by atoms with Crippen molar-refractivity contribution in [2.75, 3.05) is 7.11 Å². The number of ether oxygens (including phenoxy) is 1. The maximum atomic E-state index is 8.81. The van der Waals surface area contributed by atoms with Gasteiger partial charge in [0.05, 0.1) is 18.7 Å². The van der Waals surface area contributed by atoms with E-state index in [2.05, 4.69) is 6.07 Å². The number of nitrogens with zero attached hydrogens (tertiary/aromatic N) is 1. The highest BCUT2D eigenvalue weighted by atomic mass is 16.5. The summed E-state index contributed by atoms with van der Waals surface area (Å²) in [4.78, 5) is 0. The molecule has 0 aliphatic carbocycles. The number of hydrogen-bond acceptors (Lipinski definition) is 2. The zero-order chi connectivity index (χ0) is 9.97. The van der Waals surface area contributed by atoms with E-state index in [9.17, 15) is 0 Å². The lowest BCUT2D eigenvalue weighted by atomic mass is 10.1. The van der Waals surface area contributed by atoms with Crippen LogP contribution in [0.25, 0.3) is 10.8 Å². The van der Waals surface area contributed by atoms with E-state index < -0.39 is 0 Å². The molecule has 0 spiro atoms. The van der Waals surface area contributed by atoms with Gasteiger partial charge in [-0.2, -0.15) is 5.26 Å². The molecule has 0 N–H and O–H groups in total. The molecule has 14 heavy (non-hydrogen) atoms. The highest BCUT2D eigenvalue weighted by molar-refractivity contribution is 5.89. The van der Waals surface area contributed by atoms with Gasteiger partial charge in [0.15, 0.2) is 0 Å². The van der Waals surface area contributed by atoms with E-state index in [0.717, 1.165) is 16.5 Å². The molecule has 2 heteroatoms. The lowest BCUT2D eigenvalue weighted by molar-refractivity contribution is 0.419. The van der Waals surface area contributed by atoms with Gasteiger partial charge < -0.3 is 4.74 Å². The second kappa shape index (κ2) is 3.39. The number of rotatable bonds is 1. The third kappa shape index (κ3) is 1.29. The predicted octanol–water partition coefficient (Wildman–Crippen LogP) is 2.72. The maximum Gasteiger partial charge on any atom is 0.128 e. The molecule has 0 amide bonds. The van der Waals surface area contributed by atoms with E-state index in [0.29, 0.717) is 5.56 Å². The summed E-state index contributed by atoms with van der Waals surface area (Å²) in [5.41, 5.74) is 0.626. The first kappa shape index (κ1) is 8.58. The number of methoxy groups -OCH3 is 1. The van der Waals surface area contributed by atoms with E-state index in [4.69, 9.17) is 10.00 Å². The molecule has 2 aromatic carbocycles. The van der Waals surface area contributed by atoms with Crippen LogP contribution < -0.4 is 4.74 Å². The smallest absolute Gasteiger partial charge is 0.128 e. The van der Waals surface area contributed by atoms with Gasteiger partial charge in [-0.05, 0) is 17.5 Å². The van der Waals surface area contributed by atoms with E-state index in [1.54, 1.807) is 13.2 Å². The van der Waals surface area contributed by atoms with Gasteiger partial charge >= 0.3 is 0 Å². The first-order chi connectivity index (χ1) is 6.85. The van der Waals surface area contributed by atoms with Crippen molar-refractivity contribution in [2.45, 2.75) is 0 Å². The molecule has 0 bridgehead atoms. The fourth-order valence-corrected chi connectivity index (χ4v) is 1.51. The Hall–Kier alpha value is -2.01. The summed E-state index contributed by atoms with van der Waals surface area (Å²) in [6.45, 7) is 0. The molecule has 2 nitrogen and oxygen atoms in total. The number of nitriles is 1. The van der Waals surface area contributed by atoms with Crippen LogP contribution in [0.15, 0.2) is 36.4 Å². The highest BCUT2D eigenvalue weighted by Crippen LogP contribution is 2.26. The predicted molar refractivity (Wildman–Crippen MR) is 55.2 cm³/mol. The fourth-order valence-electron chi connectivity index (χ4n) is 1.51. The average Bonchev–Trinajstić information content (AvgIpc) is 2.27. The van der Waals surface area contributed by atoms with Crippen molar-refractivity contribution >= 4 is 10.8 Å². The van der Waals surface area contributed by atoms with Crippen LogP contribution >= 0.6 is 0 Å². The van der Waals surface area contributed by atoms with Crippen molar-refractivity contribution in [3.8, 4) is 11.8 Å². The molecule has 68 valence electrons. The first-order valence-corrected chi connectivity index (χ1v) is 4.32. The minimum absolute atomic E-state index is 0.626. The molecule has 0 atom stereocenters.